The van der Waals surface area contributed by atoms with Crippen LogP contribution in [0.2, 0.25) is 0 Å². The average Bonchev–Trinajstić information content (AvgIpc) is 2.79. The third-order valence-corrected chi connectivity index (χ3v) is 3.51. The number of Topliss-reactive ketones (excluding diaryl/α,β-unsaturated/α-hetero) is 1. The van der Waals surface area contributed by atoms with Crippen molar-refractivity contribution >= 4 is 40.6 Å². The van der Waals surface area contributed by atoms with Crippen molar-refractivity contribution < 1.29 is 19.1 Å². The van der Waals surface area contributed by atoms with Gasteiger partial charge < -0.3 is 10.1 Å². The van der Waals surface area contributed by atoms with Gasteiger partial charge in [0.1, 0.15) is 18.5 Å². The van der Waals surface area contributed by atoms with Crippen molar-refractivity contribution in [3.8, 4) is 0 Å². The van der Waals surface area contributed by atoms with Crippen molar-refractivity contribution in [1.29, 1.82) is 0 Å². The Morgan fingerprint density at radius 1 is 1.47 bits per heavy atom. The molecule has 5 nitrogen and oxygen atoms in total. The number of rotatable bonds is 6. The zero-order valence-corrected chi connectivity index (χ0v) is 12.1. The molecule has 0 fully saturated rings. The Kier molecular flexibility index (Phi) is 5.98. The lowest BCUT2D eigenvalue weighted by atomic mass is 10.1. The molecule has 0 aliphatic rings. The molecule has 0 radical (unpaired) electrons. The van der Waals surface area contributed by atoms with Crippen molar-refractivity contribution in [2.75, 3.05) is 12.5 Å². The molecule has 0 bridgehead atoms. The van der Waals surface area contributed by atoms with Crippen molar-refractivity contribution in [3.63, 3.8) is 0 Å². The van der Waals surface area contributed by atoms with Crippen LogP contribution in [0.15, 0.2) is 11.4 Å². The molecule has 0 saturated heterocycles. The smallest absolute Gasteiger partial charge is 0.302 e. The standard InChI is InChI=1S/C12H14ClNO4S/c1-7-3-10(19-6-7)12(17)9(5-18-8(2)15)14-11(16)4-13/h3,6,9H,4-5H2,1-2H3,(H,14,16)/t9-/m0/s1. The number of ether oxygens (including phenoxy) is 1. The second-order valence-electron chi connectivity index (χ2n) is 3.91. The molecule has 1 N–H and O–H groups in total. The number of thiophene rings is 1. The minimum atomic E-state index is -0.909. The highest BCUT2D eigenvalue weighted by Crippen LogP contribution is 2.16. The molecule has 0 spiro atoms. The molecular formula is C12H14ClNO4S. The van der Waals surface area contributed by atoms with Crippen LogP contribution < -0.4 is 5.32 Å². The molecule has 1 amide bonds. The van der Waals surface area contributed by atoms with E-state index >= 15 is 0 Å². The molecule has 1 aromatic rings. The molecule has 1 rings (SSSR count). The number of nitrogens with one attached hydrogen (secondary N) is 1. The molecule has 1 atom stereocenters. The number of hydrogen-bond acceptors (Lipinski definition) is 5. The Labute approximate surface area is 119 Å². The van der Waals surface area contributed by atoms with Gasteiger partial charge in [-0.1, -0.05) is 0 Å². The van der Waals surface area contributed by atoms with Gasteiger partial charge in [0.15, 0.2) is 5.78 Å². The fraction of sp³-hybridized carbons (Fsp3) is 0.417. The molecule has 0 aliphatic carbocycles. The lowest BCUT2D eigenvalue weighted by molar-refractivity contribution is -0.141. The highest BCUT2D eigenvalue weighted by molar-refractivity contribution is 7.12. The van der Waals surface area contributed by atoms with Crippen LogP contribution in [0.25, 0.3) is 0 Å². The van der Waals surface area contributed by atoms with E-state index in [1.807, 2.05) is 12.3 Å². The Hall–Kier alpha value is -1.40. The van der Waals surface area contributed by atoms with E-state index in [9.17, 15) is 14.4 Å². The zero-order chi connectivity index (χ0) is 14.4. The fourth-order valence-electron chi connectivity index (χ4n) is 1.35. The highest BCUT2D eigenvalue weighted by atomic mass is 35.5. The van der Waals surface area contributed by atoms with Crippen LogP contribution in [0.4, 0.5) is 0 Å². The largest absolute Gasteiger partial charge is 0.463 e. The number of hydrogen-bond donors (Lipinski definition) is 1. The van der Waals surface area contributed by atoms with Gasteiger partial charge in [0.25, 0.3) is 0 Å². The van der Waals surface area contributed by atoms with E-state index < -0.39 is 17.9 Å². The van der Waals surface area contributed by atoms with Crippen LogP contribution in [0, 0.1) is 6.92 Å². The third kappa shape index (κ3) is 5.00. The summed E-state index contributed by atoms with van der Waals surface area (Å²) in [6.07, 6.45) is 0. The van der Waals surface area contributed by atoms with Gasteiger partial charge in [-0.15, -0.1) is 22.9 Å². The van der Waals surface area contributed by atoms with E-state index in [0.717, 1.165) is 5.56 Å². The maximum atomic E-state index is 12.2. The summed E-state index contributed by atoms with van der Waals surface area (Å²) in [5.74, 6) is -1.55. The van der Waals surface area contributed by atoms with Crippen molar-refractivity contribution in [2.45, 2.75) is 19.9 Å². The Morgan fingerprint density at radius 2 is 2.16 bits per heavy atom. The topological polar surface area (TPSA) is 72.5 Å². The first-order valence-electron chi connectivity index (χ1n) is 5.52. The van der Waals surface area contributed by atoms with E-state index in [2.05, 4.69) is 5.32 Å². The first kappa shape index (κ1) is 15.7. The SMILES string of the molecule is CC(=O)OC[C@H](NC(=O)CCl)C(=O)c1cc(C)cs1. The Morgan fingerprint density at radius 3 is 2.63 bits per heavy atom. The number of amides is 1. The summed E-state index contributed by atoms with van der Waals surface area (Å²) in [6, 6.07) is 0.814. The van der Waals surface area contributed by atoms with Crippen LogP contribution in [-0.2, 0) is 14.3 Å². The lowest BCUT2D eigenvalue weighted by Crippen LogP contribution is -2.44. The van der Waals surface area contributed by atoms with Gasteiger partial charge in [-0.2, -0.15) is 0 Å². The first-order chi connectivity index (χ1) is 8.93. The Balaban J connectivity index is 2.79. The van der Waals surface area contributed by atoms with Crippen LogP contribution in [-0.4, -0.2) is 36.2 Å². The van der Waals surface area contributed by atoms with Gasteiger partial charge in [-0.05, 0) is 23.9 Å². The number of carbonyl (C=O) groups is 3. The maximum absolute atomic E-state index is 12.2. The second kappa shape index (κ2) is 7.25. The zero-order valence-electron chi connectivity index (χ0n) is 10.6. The van der Waals surface area contributed by atoms with Gasteiger partial charge in [-0.3, -0.25) is 14.4 Å². The van der Waals surface area contributed by atoms with E-state index in [4.69, 9.17) is 16.3 Å². The van der Waals surface area contributed by atoms with Gasteiger partial charge in [0, 0.05) is 6.92 Å². The minimum absolute atomic E-state index is 0.201. The number of esters is 1. The quantitative estimate of drug-likeness (QED) is 0.491. The molecule has 0 aliphatic heterocycles. The number of ketones is 1. The van der Waals surface area contributed by atoms with E-state index in [1.54, 1.807) is 6.07 Å². The molecule has 19 heavy (non-hydrogen) atoms. The molecule has 0 unspecified atom stereocenters. The summed E-state index contributed by atoms with van der Waals surface area (Å²) >= 11 is 6.67. The number of carbonyl (C=O) groups excluding carboxylic acids is 3. The minimum Gasteiger partial charge on any atom is -0.463 e. The molecule has 1 aromatic heterocycles. The molecule has 1 heterocycles. The summed E-state index contributed by atoms with van der Waals surface area (Å²) in [6.45, 7) is 2.90. The summed E-state index contributed by atoms with van der Waals surface area (Å²) in [5, 5.41) is 4.27. The highest BCUT2D eigenvalue weighted by Gasteiger charge is 2.24. The Bertz CT molecular complexity index is 486. The predicted octanol–water partition coefficient (Wildman–Crippen LogP) is 1.53. The van der Waals surface area contributed by atoms with E-state index in [0.29, 0.717) is 4.88 Å². The second-order valence-corrected chi connectivity index (χ2v) is 5.09. The van der Waals surface area contributed by atoms with Gasteiger partial charge >= 0.3 is 5.97 Å². The molecule has 0 saturated carbocycles. The van der Waals surface area contributed by atoms with Crippen LogP contribution in [0.1, 0.15) is 22.2 Å². The summed E-state index contributed by atoms with van der Waals surface area (Å²) < 4.78 is 4.79. The number of alkyl halides is 1. The summed E-state index contributed by atoms with van der Waals surface area (Å²) in [5.41, 5.74) is 0.961. The predicted molar refractivity (Wildman–Crippen MR) is 72.7 cm³/mol. The molecule has 0 aromatic carbocycles. The normalized spacial score (nSPS) is 11.7. The third-order valence-electron chi connectivity index (χ3n) is 2.20. The number of aryl methyl sites for hydroxylation is 1. The molecular weight excluding hydrogens is 290 g/mol. The van der Waals surface area contributed by atoms with E-state index in [1.165, 1.54) is 18.3 Å². The van der Waals surface area contributed by atoms with Crippen LogP contribution in [0.3, 0.4) is 0 Å². The molecule has 7 heteroatoms. The summed E-state index contributed by atoms with van der Waals surface area (Å²) in [4.78, 5) is 34.8. The molecule has 104 valence electrons. The van der Waals surface area contributed by atoms with Gasteiger partial charge in [0.2, 0.25) is 5.91 Å². The van der Waals surface area contributed by atoms with Crippen LogP contribution in [0.5, 0.6) is 0 Å². The fourth-order valence-corrected chi connectivity index (χ4v) is 2.32. The first-order valence-corrected chi connectivity index (χ1v) is 6.93. The number of halogens is 1. The van der Waals surface area contributed by atoms with E-state index in [-0.39, 0.29) is 18.3 Å². The lowest BCUT2D eigenvalue weighted by Gasteiger charge is -2.15. The maximum Gasteiger partial charge on any atom is 0.302 e. The van der Waals surface area contributed by atoms with Crippen molar-refractivity contribution in [2.24, 2.45) is 0 Å². The van der Waals surface area contributed by atoms with Gasteiger partial charge in [-0.25, -0.2) is 0 Å². The average molecular weight is 304 g/mol. The monoisotopic (exact) mass is 303 g/mol. The van der Waals surface area contributed by atoms with Gasteiger partial charge in [0.05, 0.1) is 4.88 Å². The summed E-state index contributed by atoms with van der Waals surface area (Å²) in [7, 11) is 0. The van der Waals surface area contributed by atoms with Crippen molar-refractivity contribution in [3.05, 3.63) is 21.9 Å². The van der Waals surface area contributed by atoms with Crippen molar-refractivity contribution in [1.82, 2.24) is 5.32 Å². The van der Waals surface area contributed by atoms with Crippen LogP contribution >= 0.6 is 22.9 Å².